The molecule has 2 aromatic carbocycles. The van der Waals surface area contributed by atoms with Crippen LogP contribution in [0.15, 0.2) is 42.5 Å². The topological polar surface area (TPSA) is 0 Å². The van der Waals surface area contributed by atoms with Crippen molar-refractivity contribution in [1.29, 1.82) is 0 Å². The molecule has 0 aliphatic heterocycles. The smallest absolute Gasteiger partial charge is 0.00791 e. The lowest BCUT2D eigenvalue weighted by Gasteiger charge is -2.19. The summed E-state index contributed by atoms with van der Waals surface area (Å²) in [6.45, 7) is 4.60. The molecular weight excluding hydrogens is 240 g/mol. The average Bonchev–Trinajstić information content (AvgIpc) is 2.38. The fourth-order valence-electron chi connectivity index (χ4n) is 2.60. The van der Waals surface area contributed by atoms with Gasteiger partial charge >= 0.3 is 0 Å². The molecule has 0 fully saturated rings. The first-order valence-corrected chi connectivity index (χ1v) is 5.86. The molecule has 0 saturated carbocycles. The summed E-state index contributed by atoms with van der Waals surface area (Å²) in [7, 11) is 0. The number of allylic oxidation sites excluding steroid dienone is 1. The Labute approximate surface area is 126 Å². The van der Waals surface area contributed by atoms with Crippen LogP contribution >= 0.6 is 0 Å². The van der Waals surface area contributed by atoms with Crippen molar-refractivity contribution in [3.8, 4) is 0 Å². The van der Waals surface area contributed by atoms with Gasteiger partial charge in [-0.2, -0.15) is 0 Å². The average molecular weight is 272 g/mol. The molecule has 0 heterocycles. The highest BCUT2D eigenvalue weighted by Gasteiger charge is 2.19. The van der Waals surface area contributed by atoms with Crippen molar-refractivity contribution in [3.05, 3.63) is 53.6 Å². The Morgan fingerprint density at radius 3 is 2.10 bits per heavy atom. The highest BCUT2D eigenvalue weighted by atomic mass is 14.2. The van der Waals surface area contributed by atoms with Gasteiger partial charge in [-0.05, 0) is 33.7 Å². The van der Waals surface area contributed by atoms with Crippen LogP contribution < -0.4 is 0 Å². The second-order valence-electron chi connectivity index (χ2n) is 5.36. The third-order valence-electron chi connectivity index (χ3n) is 3.38. The van der Waals surface area contributed by atoms with Crippen molar-refractivity contribution in [2.45, 2.75) is 50.0 Å². The summed E-state index contributed by atoms with van der Waals surface area (Å²) in [6.07, 6.45) is 5.73. The van der Waals surface area contributed by atoms with Crippen LogP contribution in [0.3, 0.4) is 0 Å². The lowest BCUT2D eigenvalue weighted by atomic mass is 9.86. The quantitative estimate of drug-likeness (QED) is 0.485. The van der Waals surface area contributed by atoms with Crippen molar-refractivity contribution >= 4 is 16.8 Å². The molecule has 20 heavy (non-hydrogen) atoms. The van der Waals surface area contributed by atoms with E-state index in [1.54, 1.807) is 0 Å². The minimum absolute atomic E-state index is 0. The van der Waals surface area contributed by atoms with Crippen molar-refractivity contribution < 1.29 is 0 Å². The Kier molecular flexibility index (Phi) is 7.56. The summed E-state index contributed by atoms with van der Waals surface area (Å²) in [4.78, 5) is 0. The van der Waals surface area contributed by atoms with Gasteiger partial charge in [0.25, 0.3) is 0 Å². The SMILES string of the molecule is C.C.C.C.CC1(C)C=Cc2cccc3cccc(c23)C1. The van der Waals surface area contributed by atoms with Gasteiger partial charge in [0.15, 0.2) is 0 Å². The zero-order chi connectivity index (χ0) is 11.2. The Balaban J connectivity index is 0. The minimum atomic E-state index is 0. The molecule has 112 valence electrons. The fraction of sp³-hybridized carbons (Fsp3) is 0.400. The van der Waals surface area contributed by atoms with Gasteiger partial charge in [-0.15, -0.1) is 0 Å². The van der Waals surface area contributed by atoms with Crippen LogP contribution in [0.4, 0.5) is 0 Å². The number of benzene rings is 2. The highest BCUT2D eigenvalue weighted by Crippen LogP contribution is 2.34. The van der Waals surface area contributed by atoms with Gasteiger partial charge in [0, 0.05) is 0 Å². The van der Waals surface area contributed by atoms with E-state index >= 15 is 0 Å². The first-order valence-electron chi connectivity index (χ1n) is 5.86. The third-order valence-corrected chi connectivity index (χ3v) is 3.38. The summed E-state index contributed by atoms with van der Waals surface area (Å²) in [5.41, 5.74) is 3.09. The summed E-state index contributed by atoms with van der Waals surface area (Å²) in [6, 6.07) is 13.2. The summed E-state index contributed by atoms with van der Waals surface area (Å²) >= 11 is 0. The van der Waals surface area contributed by atoms with E-state index < -0.39 is 0 Å². The van der Waals surface area contributed by atoms with E-state index in [0.29, 0.717) is 0 Å². The molecule has 3 rings (SSSR count). The molecule has 0 amide bonds. The fourth-order valence-corrected chi connectivity index (χ4v) is 2.60. The molecule has 0 bridgehead atoms. The van der Waals surface area contributed by atoms with E-state index in [0.717, 1.165) is 6.42 Å². The molecule has 1 aliphatic rings. The standard InChI is InChI=1S/C16H16.4CH4/c1-16(2)10-9-13-7-3-5-12-6-4-8-14(11-16)15(12)13;;;;/h3-10H,11H2,1-2H3;4*1H4. The van der Waals surface area contributed by atoms with Crippen molar-refractivity contribution in [2.75, 3.05) is 0 Å². The molecule has 0 heteroatoms. The van der Waals surface area contributed by atoms with Crippen LogP contribution in [0.25, 0.3) is 16.8 Å². The molecule has 0 radical (unpaired) electrons. The van der Waals surface area contributed by atoms with Gasteiger partial charge in [-0.25, -0.2) is 0 Å². The predicted octanol–water partition coefficient (Wildman–Crippen LogP) is 6.98. The van der Waals surface area contributed by atoms with Crippen LogP contribution in [0.2, 0.25) is 0 Å². The van der Waals surface area contributed by atoms with Gasteiger partial charge in [0.2, 0.25) is 0 Å². The Hall–Kier alpha value is -1.56. The van der Waals surface area contributed by atoms with Gasteiger partial charge in [-0.3, -0.25) is 0 Å². The third kappa shape index (κ3) is 3.50. The molecule has 1 aliphatic carbocycles. The van der Waals surface area contributed by atoms with Gasteiger partial charge in [-0.1, -0.05) is 92.1 Å². The largest absolute Gasteiger partial charge is 0.0779 e. The molecule has 0 saturated heterocycles. The zero-order valence-corrected chi connectivity index (χ0v) is 9.83. The van der Waals surface area contributed by atoms with E-state index in [1.807, 2.05) is 0 Å². The first kappa shape index (κ1) is 20.8. The maximum absolute atomic E-state index is 2.34. The van der Waals surface area contributed by atoms with Crippen LogP contribution in [0, 0.1) is 5.41 Å². The summed E-state index contributed by atoms with van der Waals surface area (Å²) in [5.74, 6) is 0. The van der Waals surface area contributed by atoms with E-state index in [-0.39, 0.29) is 35.1 Å². The molecule has 0 nitrogen and oxygen atoms in total. The second-order valence-corrected chi connectivity index (χ2v) is 5.36. The van der Waals surface area contributed by atoms with Crippen LogP contribution in [0.1, 0.15) is 54.7 Å². The molecule has 0 aromatic heterocycles. The van der Waals surface area contributed by atoms with Crippen LogP contribution in [0.5, 0.6) is 0 Å². The van der Waals surface area contributed by atoms with E-state index in [2.05, 4.69) is 62.4 Å². The van der Waals surface area contributed by atoms with E-state index in [1.165, 1.54) is 21.9 Å². The zero-order valence-electron chi connectivity index (χ0n) is 9.83. The minimum Gasteiger partial charge on any atom is -0.0779 e. The maximum atomic E-state index is 2.34. The molecular formula is C20H32. The second kappa shape index (κ2) is 7.28. The van der Waals surface area contributed by atoms with E-state index in [4.69, 9.17) is 0 Å². The van der Waals surface area contributed by atoms with Crippen molar-refractivity contribution in [3.63, 3.8) is 0 Å². The van der Waals surface area contributed by atoms with Gasteiger partial charge < -0.3 is 0 Å². The monoisotopic (exact) mass is 272 g/mol. The molecule has 0 unspecified atom stereocenters. The maximum Gasteiger partial charge on any atom is -0.00791 e. The predicted molar refractivity (Wildman–Crippen MR) is 97.4 cm³/mol. The molecule has 0 atom stereocenters. The summed E-state index contributed by atoms with van der Waals surface area (Å²) in [5, 5.41) is 2.80. The highest BCUT2D eigenvalue weighted by molar-refractivity contribution is 5.94. The van der Waals surface area contributed by atoms with Gasteiger partial charge in [0.1, 0.15) is 0 Å². The van der Waals surface area contributed by atoms with Crippen LogP contribution in [-0.2, 0) is 6.42 Å². The normalized spacial score (nSPS) is 13.9. The van der Waals surface area contributed by atoms with Crippen LogP contribution in [-0.4, -0.2) is 0 Å². The number of rotatable bonds is 0. The Bertz CT molecular complexity index is 568. The molecule has 0 N–H and O–H groups in total. The molecule has 0 spiro atoms. The molecule has 2 aromatic rings. The Morgan fingerprint density at radius 2 is 1.45 bits per heavy atom. The van der Waals surface area contributed by atoms with Gasteiger partial charge in [0.05, 0.1) is 0 Å². The van der Waals surface area contributed by atoms with Crippen molar-refractivity contribution in [1.82, 2.24) is 0 Å². The summed E-state index contributed by atoms with van der Waals surface area (Å²) < 4.78 is 0. The number of hydrogen-bond acceptors (Lipinski definition) is 0. The lowest BCUT2D eigenvalue weighted by molar-refractivity contribution is 0.483. The van der Waals surface area contributed by atoms with E-state index in [9.17, 15) is 0 Å². The first-order chi connectivity index (χ1) is 7.66. The lowest BCUT2D eigenvalue weighted by Crippen LogP contribution is -2.10. The number of hydrogen-bond donors (Lipinski definition) is 0. The Morgan fingerprint density at radius 1 is 0.850 bits per heavy atom. The van der Waals surface area contributed by atoms with Crippen molar-refractivity contribution in [2.24, 2.45) is 5.41 Å².